The molecular weight excluding hydrogens is 148 g/mol. The molecule has 0 spiro atoms. The minimum Gasteiger partial charge on any atom is -0.356 e. The number of rotatable bonds is 3. The van der Waals surface area contributed by atoms with Crippen LogP contribution >= 0.6 is 0 Å². The van der Waals surface area contributed by atoms with Gasteiger partial charge in [0.25, 0.3) is 0 Å². The van der Waals surface area contributed by atoms with Crippen LogP contribution < -0.4 is 0 Å². The van der Waals surface area contributed by atoms with Crippen LogP contribution in [0.5, 0.6) is 0 Å². The normalized spacial score (nSPS) is 37.5. The monoisotopic (exact) mass is 159 g/mol. The summed E-state index contributed by atoms with van der Waals surface area (Å²) in [6, 6.07) is 0. The van der Waals surface area contributed by atoms with Crippen molar-refractivity contribution in [2.45, 2.75) is 18.5 Å². The quantitative estimate of drug-likeness (QED) is 0.549. The molecule has 0 amide bonds. The highest BCUT2D eigenvalue weighted by Gasteiger charge is 2.40. The number of carbonyl (C=O) groups is 1. The Morgan fingerprint density at radius 1 is 1.73 bits per heavy atom. The van der Waals surface area contributed by atoms with E-state index in [0.29, 0.717) is 12.7 Å². The Balaban J connectivity index is 2.54. The number of hydrogen-bond acceptors (Lipinski definition) is 4. The zero-order valence-electron chi connectivity index (χ0n) is 6.57. The van der Waals surface area contributed by atoms with Crippen molar-refractivity contribution in [1.29, 1.82) is 0 Å². The second-order valence-corrected chi connectivity index (χ2v) is 2.27. The van der Waals surface area contributed by atoms with E-state index < -0.39 is 5.79 Å². The summed E-state index contributed by atoms with van der Waals surface area (Å²) in [5.74, 6) is -1.18. The van der Waals surface area contributed by atoms with Crippen molar-refractivity contribution in [2.75, 3.05) is 14.2 Å². The minimum absolute atomic E-state index is 0.361. The minimum atomic E-state index is -1.18. The topological polar surface area (TPSA) is 44.8 Å². The van der Waals surface area contributed by atoms with Crippen molar-refractivity contribution >= 4 is 6.29 Å². The Labute approximate surface area is 65.4 Å². The van der Waals surface area contributed by atoms with Crippen LogP contribution in [0.15, 0.2) is 0 Å². The fourth-order valence-electron chi connectivity index (χ4n) is 0.962. The van der Waals surface area contributed by atoms with E-state index in [1.807, 2.05) is 0 Å². The van der Waals surface area contributed by atoms with Gasteiger partial charge in [0.2, 0.25) is 5.79 Å². The predicted molar refractivity (Wildman–Crippen MR) is 36.6 cm³/mol. The molecular formula is C7H11O4. The lowest BCUT2D eigenvalue weighted by molar-refractivity contribution is -0.230. The summed E-state index contributed by atoms with van der Waals surface area (Å²) in [6.45, 7) is 0. The molecule has 4 nitrogen and oxygen atoms in total. The van der Waals surface area contributed by atoms with Gasteiger partial charge in [0, 0.05) is 27.1 Å². The molecule has 2 atom stereocenters. The van der Waals surface area contributed by atoms with E-state index in [1.54, 1.807) is 6.42 Å². The van der Waals surface area contributed by atoms with Crippen LogP contribution in [-0.4, -0.2) is 32.6 Å². The number of ether oxygens (including phenoxy) is 3. The van der Waals surface area contributed by atoms with Gasteiger partial charge in [0.1, 0.15) is 0 Å². The Hall–Kier alpha value is -0.450. The molecule has 0 saturated carbocycles. The van der Waals surface area contributed by atoms with Gasteiger partial charge in [-0.3, -0.25) is 4.79 Å². The van der Waals surface area contributed by atoms with Gasteiger partial charge < -0.3 is 14.2 Å². The number of aldehydes is 1. The summed E-state index contributed by atoms with van der Waals surface area (Å²) < 4.78 is 14.9. The highest BCUT2D eigenvalue weighted by Crippen LogP contribution is 2.28. The van der Waals surface area contributed by atoms with E-state index in [-0.39, 0.29) is 6.29 Å². The maximum atomic E-state index is 10.5. The molecule has 1 rings (SSSR count). The van der Waals surface area contributed by atoms with Gasteiger partial charge in [0.05, 0.1) is 0 Å². The third kappa shape index (κ3) is 1.58. The summed E-state index contributed by atoms with van der Waals surface area (Å²) in [5.41, 5.74) is 0. The third-order valence-corrected chi connectivity index (χ3v) is 1.66. The first-order valence-corrected chi connectivity index (χ1v) is 3.33. The molecule has 0 aromatic rings. The largest absolute Gasteiger partial charge is 0.356 e. The van der Waals surface area contributed by atoms with Crippen LogP contribution in [0.2, 0.25) is 0 Å². The molecule has 0 bridgehead atoms. The van der Waals surface area contributed by atoms with Gasteiger partial charge in [-0.15, -0.1) is 0 Å². The highest BCUT2D eigenvalue weighted by atomic mass is 16.8. The van der Waals surface area contributed by atoms with Crippen LogP contribution in [0, 0.1) is 6.42 Å². The van der Waals surface area contributed by atoms with Crippen molar-refractivity contribution < 1.29 is 19.0 Å². The molecule has 4 heteroatoms. The summed E-state index contributed by atoms with van der Waals surface area (Å²) in [5, 5.41) is 0. The lowest BCUT2D eigenvalue weighted by atomic mass is 10.2. The van der Waals surface area contributed by atoms with Gasteiger partial charge in [0.15, 0.2) is 12.6 Å². The van der Waals surface area contributed by atoms with E-state index >= 15 is 0 Å². The molecule has 1 heterocycles. The average molecular weight is 159 g/mol. The van der Waals surface area contributed by atoms with Crippen LogP contribution in [-0.2, 0) is 19.0 Å². The lowest BCUT2D eigenvalue weighted by Crippen LogP contribution is -2.33. The van der Waals surface area contributed by atoms with Crippen molar-refractivity contribution in [3.63, 3.8) is 0 Å². The first-order chi connectivity index (χ1) is 5.26. The maximum Gasteiger partial charge on any atom is 0.231 e. The molecule has 11 heavy (non-hydrogen) atoms. The number of hydrogen-bond donors (Lipinski definition) is 0. The van der Waals surface area contributed by atoms with Crippen LogP contribution in [0.25, 0.3) is 0 Å². The summed E-state index contributed by atoms with van der Waals surface area (Å²) in [7, 11) is 2.94. The van der Waals surface area contributed by atoms with Crippen molar-refractivity contribution in [1.82, 2.24) is 0 Å². The molecule has 0 aromatic heterocycles. The Morgan fingerprint density at radius 3 is 2.73 bits per heavy atom. The third-order valence-electron chi connectivity index (χ3n) is 1.66. The molecule has 1 fully saturated rings. The Kier molecular flexibility index (Phi) is 2.59. The summed E-state index contributed by atoms with van der Waals surface area (Å²) >= 11 is 0. The zero-order chi connectivity index (χ0) is 8.32. The SMILES string of the molecule is COC1C[CH]C(C=O)(OC)O1. The van der Waals surface area contributed by atoms with Crippen molar-refractivity contribution in [2.24, 2.45) is 0 Å². The van der Waals surface area contributed by atoms with Crippen molar-refractivity contribution in [3.05, 3.63) is 6.42 Å². The molecule has 1 saturated heterocycles. The summed E-state index contributed by atoms with van der Waals surface area (Å²) in [6.07, 6.45) is 2.48. The molecule has 0 aromatic carbocycles. The van der Waals surface area contributed by atoms with Gasteiger partial charge in [-0.1, -0.05) is 0 Å². The number of carbonyl (C=O) groups excluding carboxylic acids is 1. The second-order valence-electron chi connectivity index (χ2n) is 2.27. The fourth-order valence-corrected chi connectivity index (χ4v) is 0.962. The first kappa shape index (κ1) is 8.64. The molecule has 1 aliphatic rings. The van der Waals surface area contributed by atoms with Crippen molar-refractivity contribution in [3.8, 4) is 0 Å². The Morgan fingerprint density at radius 2 is 2.45 bits per heavy atom. The van der Waals surface area contributed by atoms with E-state index in [4.69, 9.17) is 14.2 Å². The van der Waals surface area contributed by atoms with Gasteiger partial charge in [-0.25, -0.2) is 0 Å². The zero-order valence-corrected chi connectivity index (χ0v) is 6.57. The van der Waals surface area contributed by atoms with Crippen LogP contribution in [0.1, 0.15) is 6.42 Å². The molecule has 63 valence electrons. The molecule has 1 radical (unpaired) electrons. The molecule has 0 aliphatic carbocycles. The van der Waals surface area contributed by atoms with Crippen LogP contribution in [0.4, 0.5) is 0 Å². The lowest BCUT2D eigenvalue weighted by Gasteiger charge is -2.19. The predicted octanol–water partition coefficient (Wildman–Crippen LogP) is 0.125. The molecule has 2 unspecified atom stereocenters. The van der Waals surface area contributed by atoms with E-state index in [0.717, 1.165) is 0 Å². The molecule has 1 aliphatic heterocycles. The van der Waals surface area contributed by atoms with E-state index in [2.05, 4.69) is 0 Å². The summed E-state index contributed by atoms with van der Waals surface area (Å²) in [4.78, 5) is 10.5. The van der Waals surface area contributed by atoms with E-state index in [9.17, 15) is 4.79 Å². The van der Waals surface area contributed by atoms with Gasteiger partial charge >= 0.3 is 0 Å². The fraction of sp³-hybridized carbons (Fsp3) is 0.714. The van der Waals surface area contributed by atoms with E-state index in [1.165, 1.54) is 14.2 Å². The van der Waals surface area contributed by atoms with Gasteiger partial charge in [-0.05, 0) is 0 Å². The van der Waals surface area contributed by atoms with Gasteiger partial charge in [-0.2, -0.15) is 0 Å². The highest BCUT2D eigenvalue weighted by molar-refractivity contribution is 5.63. The molecule has 0 N–H and O–H groups in total. The number of methoxy groups -OCH3 is 2. The standard InChI is InChI=1S/C7H11O4/c1-9-6-3-4-7(5-8,10-2)11-6/h4-6H,3H2,1-2H3. The second kappa shape index (κ2) is 3.30. The average Bonchev–Trinajstić information content (AvgIpc) is 2.49. The smallest absolute Gasteiger partial charge is 0.231 e. The maximum absolute atomic E-state index is 10.5. The Bertz CT molecular complexity index is 147. The van der Waals surface area contributed by atoms with Crippen LogP contribution in [0.3, 0.4) is 0 Å². The first-order valence-electron chi connectivity index (χ1n) is 3.33.